The van der Waals surface area contributed by atoms with Gasteiger partial charge in [-0.2, -0.15) is 0 Å². The summed E-state index contributed by atoms with van der Waals surface area (Å²) >= 11 is 9.33. The molecular weight excluding hydrogens is 641 g/mol. The van der Waals surface area contributed by atoms with E-state index >= 15 is 0 Å². The third-order valence-corrected chi connectivity index (χ3v) is 14.2. The minimum absolute atomic E-state index is 0.291. The summed E-state index contributed by atoms with van der Waals surface area (Å²) in [5, 5.41) is 2.46. The number of thiophene rings is 4. The molecule has 0 radical (unpaired) electrons. The maximum Gasteiger partial charge on any atom is 0.130 e. The molecule has 0 bridgehead atoms. The topological polar surface area (TPSA) is 0 Å². The van der Waals surface area contributed by atoms with E-state index in [0.717, 1.165) is 4.88 Å². The number of aryl methyl sites for hydroxylation is 2. The first kappa shape index (κ1) is 34.3. The van der Waals surface area contributed by atoms with Gasteiger partial charge in [0, 0.05) is 19.5 Å². The predicted octanol–water partition coefficient (Wildman–Crippen LogP) is 13.4. The average Bonchev–Trinajstić information content (AvgIpc) is 3.89. The second kappa shape index (κ2) is 18.4. The highest BCUT2D eigenvalue weighted by molar-refractivity contribution is 8.01. The van der Waals surface area contributed by atoms with Gasteiger partial charge in [0.05, 0.1) is 19.9 Å². The maximum absolute atomic E-state index is 3.73. The first-order valence-electron chi connectivity index (χ1n) is 16.9. The van der Waals surface area contributed by atoms with E-state index in [1.165, 1.54) is 119 Å². The SMILES string of the molecule is CCCCCCCCc1ccc(C#Cc2ccc(C3C=CC(C#Cc4ccc(CCCCCCCC)s4)(c4cccs4)S3)s2)s1. The Morgan fingerprint density at radius 3 is 1.82 bits per heavy atom. The van der Waals surface area contributed by atoms with E-state index in [9.17, 15) is 0 Å². The molecule has 4 aromatic heterocycles. The third-order valence-electron chi connectivity index (χ3n) is 8.17. The summed E-state index contributed by atoms with van der Waals surface area (Å²) in [7, 11) is 0. The molecule has 5 rings (SSSR count). The van der Waals surface area contributed by atoms with Gasteiger partial charge >= 0.3 is 0 Å². The van der Waals surface area contributed by atoms with Crippen LogP contribution in [0.4, 0.5) is 0 Å². The van der Waals surface area contributed by atoms with E-state index < -0.39 is 0 Å². The number of hydrogen-bond acceptors (Lipinski definition) is 5. The standard InChI is InChI=1S/C40H46S5/c1-3-5-7-9-11-13-16-32-19-21-34(42-32)22-23-35-25-26-37(44-35)38-28-30-40(45-38,39-18-15-31-41-39)29-27-36-24-20-33(43-36)17-14-12-10-8-6-4-2/h15,18-21,24-26,28,30-31,38H,3-14,16-17H2,1-2H3. The van der Waals surface area contributed by atoms with E-state index in [0.29, 0.717) is 5.25 Å². The van der Waals surface area contributed by atoms with Crippen LogP contribution in [0.2, 0.25) is 0 Å². The van der Waals surface area contributed by atoms with Crippen molar-refractivity contribution in [3.05, 3.63) is 100 Å². The molecule has 0 N–H and O–H groups in total. The number of unbranched alkanes of at least 4 members (excludes halogenated alkanes) is 10. The minimum atomic E-state index is -0.304. The number of hydrogen-bond donors (Lipinski definition) is 0. The van der Waals surface area contributed by atoms with Crippen LogP contribution >= 0.6 is 57.1 Å². The molecule has 236 valence electrons. The van der Waals surface area contributed by atoms with Crippen molar-refractivity contribution in [3.63, 3.8) is 0 Å². The van der Waals surface area contributed by atoms with Crippen LogP contribution in [0.15, 0.2) is 66.1 Å². The van der Waals surface area contributed by atoms with Gasteiger partial charge in [-0.25, -0.2) is 0 Å². The zero-order valence-corrected chi connectivity index (χ0v) is 31.0. The molecule has 0 saturated carbocycles. The number of rotatable bonds is 16. The Labute approximate surface area is 292 Å². The van der Waals surface area contributed by atoms with Crippen LogP contribution in [0.25, 0.3) is 0 Å². The van der Waals surface area contributed by atoms with E-state index in [-0.39, 0.29) is 4.75 Å². The van der Waals surface area contributed by atoms with Crippen molar-refractivity contribution in [1.29, 1.82) is 0 Å². The molecule has 5 heterocycles. The summed E-state index contributed by atoms with van der Waals surface area (Å²) in [5.74, 6) is 14.2. The summed E-state index contributed by atoms with van der Waals surface area (Å²) < 4.78 is -0.304. The number of thioether (sulfide) groups is 1. The van der Waals surface area contributed by atoms with E-state index in [1.807, 2.05) is 57.1 Å². The van der Waals surface area contributed by atoms with Crippen molar-refractivity contribution >= 4 is 57.1 Å². The quantitative estimate of drug-likeness (QED) is 0.0642. The summed E-state index contributed by atoms with van der Waals surface area (Å²) in [6.07, 6.45) is 23.2. The highest BCUT2D eigenvalue weighted by Crippen LogP contribution is 2.54. The van der Waals surface area contributed by atoms with Crippen LogP contribution in [0.3, 0.4) is 0 Å². The van der Waals surface area contributed by atoms with Gasteiger partial charge in [0.15, 0.2) is 0 Å². The molecule has 1 aliphatic rings. The Hall–Kier alpha value is -1.99. The lowest BCUT2D eigenvalue weighted by molar-refractivity contribution is 0.609. The second-order valence-corrected chi connectivity index (χ2v) is 17.7. The van der Waals surface area contributed by atoms with Gasteiger partial charge in [0.25, 0.3) is 0 Å². The third kappa shape index (κ3) is 10.5. The van der Waals surface area contributed by atoms with Crippen molar-refractivity contribution in [1.82, 2.24) is 0 Å². The summed E-state index contributed by atoms with van der Waals surface area (Å²) in [6.45, 7) is 4.56. The van der Waals surface area contributed by atoms with Crippen molar-refractivity contribution in [2.45, 2.75) is 114 Å². The molecule has 1 aliphatic heterocycles. The fourth-order valence-electron chi connectivity index (χ4n) is 5.59. The fraction of sp³-hybridized carbons (Fsp3) is 0.450. The largest absolute Gasteiger partial charge is 0.146 e. The minimum Gasteiger partial charge on any atom is -0.146 e. The predicted molar refractivity (Wildman–Crippen MR) is 205 cm³/mol. The Kier molecular flexibility index (Phi) is 14.0. The monoisotopic (exact) mass is 686 g/mol. The van der Waals surface area contributed by atoms with Crippen molar-refractivity contribution in [3.8, 4) is 23.7 Å². The van der Waals surface area contributed by atoms with Crippen molar-refractivity contribution in [2.24, 2.45) is 0 Å². The van der Waals surface area contributed by atoms with Crippen LogP contribution in [0.5, 0.6) is 0 Å². The molecule has 0 aliphatic carbocycles. The highest BCUT2D eigenvalue weighted by Gasteiger charge is 2.37. The summed E-state index contributed by atoms with van der Waals surface area (Å²) in [5.41, 5.74) is 0. The van der Waals surface area contributed by atoms with Crippen LogP contribution in [-0.4, -0.2) is 0 Å². The van der Waals surface area contributed by atoms with Gasteiger partial charge in [-0.3, -0.25) is 0 Å². The normalized spacial score (nSPS) is 17.2. The molecule has 0 fully saturated rings. The lowest BCUT2D eigenvalue weighted by atomic mass is 10.1. The molecule has 2 atom stereocenters. The fourth-order valence-corrected chi connectivity index (χ4v) is 10.8. The average molecular weight is 687 g/mol. The van der Waals surface area contributed by atoms with Crippen LogP contribution in [0, 0.1) is 23.7 Å². The first-order valence-corrected chi connectivity index (χ1v) is 21.1. The smallest absolute Gasteiger partial charge is 0.130 e. The summed E-state index contributed by atoms with van der Waals surface area (Å²) in [4.78, 5) is 9.11. The first-order chi connectivity index (χ1) is 22.2. The zero-order chi connectivity index (χ0) is 31.2. The van der Waals surface area contributed by atoms with Crippen molar-refractivity contribution in [2.75, 3.05) is 0 Å². The van der Waals surface area contributed by atoms with Gasteiger partial charge in [-0.1, -0.05) is 108 Å². The molecule has 4 aromatic rings. The van der Waals surface area contributed by atoms with Crippen molar-refractivity contribution < 1.29 is 0 Å². The Morgan fingerprint density at radius 1 is 0.622 bits per heavy atom. The van der Waals surface area contributed by atoms with E-state index in [4.69, 9.17) is 0 Å². The van der Waals surface area contributed by atoms with Gasteiger partial charge < -0.3 is 0 Å². The Bertz CT molecular complexity index is 1590. The Balaban J connectivity index is 1.17. The maximum atomic E-state index is 3.73. The summed E-state index contributed by atoms with van der Waals surface area (Å²) in [6, 6.07) is 17.8. The van der Waals surface area contributed by atoms with E-state index in [1.54, 1.807) is 0 Å². The highest BCUT2D eigenvalue weighted by atomic mass is 32.2. The molecule has 0 aromatic carbocycles. The molecule has 0 amide bonds. The van der Waals surface area contributed by atoms with E-state index in [2.05, 4.69) is 104 Å². The Morgan fingerprint density at radius 2 is 1.20 bits per heavy atom. The lowest BCUT2D eigenvalue weighted by Crippen LogP contribution is -2.12. The molecule has 5 heteroatoms. The lowest BCUT2D eigenvalue weighted by Gasteiger charge is -2.20. The molecular formula is C40H46S5. The molecule has 0 spiro atoms. The molecule has 0 nitrogen and oxygen atoms in total. The van der Waals surface area contributed by atoms with Gasteiger partial charge in [-0.15, -0.1) is 57.1 Å². The molecule has 45 heavy (non-hydrogen) atoms. The van der Waals surface area contributed by atoms with Crippen LogP contribution in [0.1, 0.15) is 130 Å². The molecule has 2 unspecified atom stereocenters. The second-order valence-electron chi connectivity index (χ2n) is 11.9. The zero-order valence-electron chi connectivity index (χ0n) is 26.9. The van der Waals surface area contributed by atoms with Gasteiger partial charge in [0.2, 0.25) is 0 Å². The molecule has 0 saturated heterocycles. The van der Waals surface area contributed by atoms with Crippen LogP contribution in [-0.2, 0) is 17.6 Å². The van der Waals surface area contributed by atoms with Gasteiger partial charge in [0.1, 0.15) is 4.75 Å². The van der Waals surface area contributed by atoms with Gasteiger partial charge in [-0.05, 0) is 85.4 Å². The van der Waals surface area contributed by atoms with Crippen LogP contribution < -0.4 is 0 Å².